The number of carbonyl (C=O) groups excluding carboxylic acids is 1. The average Bonchev–Trinajstić information content (AvgIpc) is 2.40. The van der Waals surface area contributed by atoms with Crippen molar-refractivity contribution >= 4 is 5.91 Å². The van der Waals surface area contributed by atoms with E-state index < -0.39 is 0 Å². The first-order chi connectivity index (χ1) is 9.22. The number of amides is 1. The number of benzene rings is 1. The Labute approximate surface area is 115 Å². The summed E-state index contributed by atoms with van der Waals surface area (Å²) in [6.45, 7) is 3.97. The van der Waals surface area contributed by atoms with E-state index in [1.54, 1.807) is 7.11 Å². The molecule has 0 aliphatic rings. The Bertz CT molecular complexity index is 354. The summed E-state index contributed by atoms with van der Waals surface area (Å²) in [5, 5.41) is 6.16. The molecule has 1 unspecified atom stereocenters. The van der Waals surface area contributed by atoms with Crippen molar-refractivity contribution in [2.75, 3.05) is 26.8 Å². The zero-order valence-corrected chi connectivity index (χ0v) is 11.8. The van der Waals surface area contributed by atoms with E-state index in [0.29, 0.717) is 32.2 Å². The second-order valence-corrected chi connectivity index (χ2v) is 4.64. The molecule has 106 valence electrons. The standard InChI is InChI=1S/C15H24N2O2/c1-13(12-14-6-4-3-5-7-14)16-9-8-15(18)17-10-11-19-2/h3-7,13,16H,8-12H2,1-2H3,(H,17,18). The van der Waals surface area contributed by atoms with Gasteiger partial charge in [-0.2, -0.15) is 0 Å². The van der Waals surface area contributed by atoms with Crippen LogP contribution in [0, 0.1) is 0 Å². The summed E-state index contributed by atoms with van der Waals surface area (Å²) in [7, 11) is 1.62. The second kappa shape index (κ2) is 9.53. The lowest BCUT2D eigenvalue weighted by Gasteiger charge is -2.13. The van der Waals surface area contributed by atoms with Gasteiger partial charge in [-0.3, -0.25) is 4.79 Å². The molecule has 4 nitrogen and oxygen atoms in total. The molecular formula is C15H24N2O2. The first-order valence-corrected chi connectivity index (χ1v) is 6.75. The third kappa shape index (κ3) is 7.59. The molecule has 0 saturated carbocycles. The molecule has 1 amide bonds. The first-order valence-electron chi connectivity index (χ1n) is 6.75. The van der Waals surface area contributed by atoms with Gasteiger partial charge >= 0.3 is 0 Å². The number of rotatable bonds is 9. The fraction of sp³-hybridized carbons (Fsp3) is 0.533. The van der Waals surface area contributed by atoms with E-state index in [0.717, 1.165) is 6.42 Å². The van der Waals surface area contributed by atoms with Gasteiger partial charge in [0.1, 0.15) is 0 Å². The normalized spacial score (nSPS) is 12.1. The molecule has 0 aliphatic carbocycles. The Morgan fingerprint density at radius 3 is 2.68 bits per heavy atom. The van der Waals surface area contributed by atoms with Crippen LogP contribution in [0.5, 0.6) is 0 Å². The first kappa shape index (κ1) is 15.7. The SMILES string of the molecule is COCCNC(=O)CCNC(C)Cc1ccccc1. The summed E-state index contributed by atoms with van der Waals surface area (Å²) in [6.07, 6.45) is 1.48. The van der Waals surface area contributed by atoms with Gasteiger partial charge < -0.3 is 15.4 Å². The Morgan fingerprint density at radius 1 is 1.26 bits per heavy atom. The molecule has 0 bridgehead atoms. The lowest BCUT2D eigenvalue weighted by Crippen LogP contribution is -2.34. The van der Waals surface area contributed by atoms with Gasteiger partial charge in [-0.1, -0.05) is 30.3 Å². The van der Waals surface area contributed by atoms with E-state index in [1.807, 2.05) is 18.2 Å². The lowest BCUT2D eigenvalue weighted by atomic mass is 10.1. The van der Waals surface area contributed by atoms with Crippen LogP contribution in [0.3, 0.4) is 0 Å². The van der Waals surface area contributed by atoms with Gasteiger partial charge in [-0.05, 0) is 18.9 Å². The summed E-state index contributed by atoms with van der Waals surface area (Å²) in [5.41, 5.74) is 1.31. The summed E-state index contributed by atoms with van der Waals surface area (Å²) in [4.78, 5) is 11.5. The molecule has 0 heterocycles. The molecule has 0 fully saturated rings. The van der Waals surface area contributed by atoms with E-state index >= 15 is 0 Å². The van der Waals surface area contributed by atoms with Gasteiger partial charge in [-0.25, -0.2) is 0 Å². The molecule has 1 aromatic rings. The monoisotopic (exact) mass is 264 g/mol. The number of methoxy groups -OCH3 is 1. The van der Waals surface area contributed by atoms with Crippen molar-refractivity contribution in [2.45, 2.75) is 25.8 Å². The smallest absolute Gasteiger partial charge is 0.221 e. The number of hydrogen-bond acceptors (Lipinski definition) is 3. The molecule has 0 aliphatic heterocycles. The van der Waals surface area contributed by atoms with Crippen LogP contribution < -0.4 is 10.6 Å². The average molecular weight is 264 g/mol. The zero-order chi connectivity index (χ0) is 13.9. The van der Waals surface area contributed by atoms with Gasteiger partial charge in [0.2, 0.25) is 5.91 Å². The van der Waals surface area contributed by atoms with Crippen molar-refractivity contribution < 1.29 is 9.53 Å². The molecule has 0 spiro atoms. The second-order valence-electron chi connectivity index (χ2n) is 4.64. The van der Waals surface area contributed by atoms with Gasteiger partial charge in [-0.15, -0.1) is 0 Å². The number of carbonyl (C=O) groups is 1. The lowest BCUT2D eigenvalue weighted by molar-refractivity contribution is -0.121. The van der Waals surface area contributed by atoms with Crippen LogP contribution in [-0.4, -0.2) is 38.8 Å². The third-order valence-electron chi connectivity index (χ3n) is 2.86. The van der Waals surface area contributed by atoms with Crippen molar-refractivity contribution in [3.8, 4) is 0 Å². The van der Waals surface area contributed by atoms with E-state index in [2.05, 4.69) is 29.7 Å². The minimum Gasteiger partial charge on any atom is -0.383 e. The van der Waals surface area contributed by atoms with Crippen LogP contribution in [0.25, 0.3) is 0 Å². The topological polar surface area (TPSA) is 50.4 Å². The molecular weight excluding hydrogens is 240 g/mol. The molecule has 1 atom stereocenters. The highest BCUT2D eigenvalue weighted by molar-refractivity contribution is 5.76. The Kier molecular flexibility index (Phi) is 7.86. The molecule has 0 aromatic heterocycles. The van der Waals surface area contributed by atoms with Crippen LogP contribution in [0.4, 0.5) is 0 Å². The quantitative estimate of drug-likeness (QED) is 0.662. The fourth-order valence-corrected chi connectivity index (χ4v) is 1.85. The van der Waals surface area contributed by atoms with Crippen LogP contribution in [-0.2, 0) is 16.0 Å². The highest BCUT2D eigenvalue weighted by atomic mass is 16.5. The molecule has 19 heavy (non-hydrogen) atoms. The summed E-state index contributed by atoms with van der Waals surface area (Å²) in [5.74, 6) is 0.0662. The Hall–Kier alpha value is -1.39. The zero-order valence-electron chi connectivity index (χ0n) is 11.8. The maximum absolute atomic E-state index is 11.5. The number of ether oxygens (including phenoxy) is 1. The largest absolute Gasteiger partial charge is 0.383 e. The maximum atomic E-state index is 11.5. The molecule has 1 aromatic carbocycles. The molecule has 1 rings (SSSR count). The van der Waals surface area contributed by atoms with Crippen molar-refractivity contribution in [3.05, 3.63) is 35.9 Å². The van der Waals surface area contributed by atoms with Crippen molar-refractivity contribution in [2.24, 2.45) is 0 Å². The van der Waals surface area contributed by atoms with E-state index in [-0.39, 0.29) is 5.91 Å². The molecule has 2 N–H and O–H groups in total. The Morgan fingerprint density at radius 2 is 2.00 bits per heavy atom. The summed E-state index contributed by atoms with van der Waals surface area (Å²) in [6, 6.07) is 10.7. The van der Waals surface area contributed by atoms with Crippen molar-refractivity contribution in [1.82, 2.24) is 10.6 Å². The van der Waals surface area contributed by atoms with Crippen LogP contribution in [0.15, 0.2) is 30.3 Å². The maximum Gasteiger partial charge on any atom is 0.221 e. The number of hydrogen-bond donors (Lipinski definition) is 2. The highest BCUT2D eigenvalue weighted by Crippen LogP contribution is 2.02. The minimum atomic E-state index is 0.0662. The summed E-state index contributed by atoms with van der Waals surface area (Å²) >= 11 is 0. The summed E-state index contributed by atoms with van der Waals surface area (Å²) < 4.78 is 4.87. The van der Waals surface area contributed by atoms with Crippen molar-refractivity contribution in [1.29, 1.82) is 0 Å². The molecule has 4 heteroatoms. The molecule has 0 radical (unpaired) electrons. The van der Waals surface area contributed by atoms with Crippen molar-refractivity contribution in [3.63, 3.8) is 0 Å². The van der Waals surface area contributed by atoms with E-state index in [1.165, 1.54) is 5.56 Å². The van der Waals surface area contributed by atoms with Gasteiger partial charge in [0.05, 0.1) is 6.61 Å². The highest BCUT2D eigenvalue weighted by Gasteiger charge is 2.04. The van der Waals surface area contributed by atoms with Gasteiger partial charge in [0.15, 0.2) is 0 Å². The molecule has 0 saturated heterocycles. The fourth-order valence-electron chi connectivity index (χ4n) is 1.85. The predicted octanol–water partition coefficient (Wildman–Crippen LogP) is 1.36. The minimum absolute atomic E-state index is 0.0662. The van der Waals surface area contributed by atoms with Crippen LogP contribution in [0.2, 0.25) is 0 Å². The Balaban J connectivity index is 2.10. The third-order valence-corrected chi connectivity index (χ3v) is 2.86. The number of nitrogens with one attached hydrogen (secondary N) is 2. The van der Waals surface area contributed by atoms with E-state index in [9.17, 15) is 4.79 Å². The van der Waals surface area contributed by atoms with Gasteiger partial charge in [0.25, 0.3) is 0 Å². The van der Waals surface area contributed by atoms with E-state index in [4.69, 9.17) is 4.74 Å². The van der Waals surface area contributed by atoms with Gasteiger partial charge in [0, 0.05) is 32.7 Å². The predicted molar refractivity (Wildman–Crippen MR) is 77.1 cm³/mol. The van der Waals surface area contributed by atoms with Crippen LogP contribution >= 0.6 is 0 Å². The van der Waals surface area contributed by atoms with Crippen LogP contribution in [0.1, 0.15) is 18.9 Å².